The third-order valence-corrected chi connectivity index (χ3v) is 5.26. The smallest absolute Gasteiger partial charge is 0.0166 e. The molecule has 1 saturated carbocycles. The lowest BCUT2D eigenvalue weighted by atomic mass is 9.73. The van der Waals surface area contributed by atoms with Crippen LogP contribution in [0.25, 0.3) is 0 Å². The number of hydrogen-bond acceptors (Lipinski definition) is 0. The molecule has 16 heavy (non-hydrogen) atoms. The second-order valence-corrected chi connectivity index (χ2v) is 6.30. The normalized spacial score (nSPS) is 41.3. The molecule has 0 spiro atoms. The molecule has 2 bridgehead atoms. The molecule has 0 radical (unpaired) electrons. The highest BCUT2D eigenvalue weighted by Crippen LogP contribution is 2.57. The molecule has 88 valence electrons. The fourth-order valence-electron chi connectivity index (χ4n) is 4.51. The molecule has 4 atom stereocenters. The first kappa shape index (κ1) is 10.6. The quantitative estimate of drug-likeness (QED) is 0.598. The average Bonchev–Trinajstić information content (AvgIpc) is 2.84. The summed E-state index contributed by atoms with van der Waals surface area (Å²) in [5.74, 6) is 3.96. The van der Waals surface area contributed by atoms with Crippen LogP contribution in [0.3, 0.4) is 0 Å². The van der Waals surface area contributed by atoms with Gasteiger partial charge in [0, 0.05) is 0 Å². The van der Waals surface area contributed by atoms with E-state index in [-0.39, 0.29) is 0 Å². The Morgan fingerprint density at radius 3 is 3.00 bits per heavy atom. The van der Waals surface area contributed by atoms with Gasteiger partial charge in [-0.1, -0.05) is 24.1 Å². The molecule has 3 rings (SSSR count). The molecule has 0 N–H and O–H groups in total. The van der Waals surface area contributed by atoms with Crippen LogP contribution in [-0.4, -0.2) is 0 Å². The van der Waals surface area contributed by atoms with Crippen LogP contribution >= 0.6 is 0 Å². The maximum Gasteiger partial charge on any atom is -0.0166 e. The van der Waals surface area contributed by atoms with Crippen molar-refractivity contribution in [3.8, 4) is 0 Å². The molecule has 1 fully saturated rings. The summed E-state index contributed by atoms with van der Waals surface area (Å²) >= 11 is 0. The summed E-state index contributed by atoms with van der Waals surface area (Å²) in [7, 11) is 0. The second kappa shape index (κ2) is 4.05. The van der Waals surface area contributed by atoms with Gasteiger partial charge in [-0.05, 0) is 68.6 Å². The molecule has 0 saturated heterocycles. The van der Waals surface area contributed by atoms with Crippen molar-refractivity contribution >= 4 is 0 Å². The van der Waals surface area contributed by atoms with Crippen molar-refractivity contribution in [2.45, 2.75) is 51.9 Å². The van der Waals surface area contributed by atoms with Crippen LogP contribution in [-0.2, 0) is 0 Å². The van der Waals surface area contributed by atoms with Crippen molar-refractivity contribution in [2.75, 3.05) is 0 Å². The maximum absolute atomic E-state index is 3.86. The van der Waals surface area contributed by atoms with E-state index in [1.54, 1.807) is 0 Å². The van der Waals surface area contributed by atoms with Gasteiger partial charge in [-0.2, -0.15) is 0 Å². The Hall–Kier alpha value is -0.520. The average molecular weight is 216 g/mol. The fraction of sp³-hybridized carbons (Fsp3) is 0.750. The number of hydrogen-bond donors (Lipinski definition) is 0. The van der Waals surface area contributed by atoms with Crippen LogP contribution in [0, 0.1) is 23.7 Å². The second-order valence-electron chi connectivity index (χ2n) is 6.30. The van der Waals surface area contributed by atoms with Crippen molar-refractivity contribution in [3.63, 3.8) is 0 Å². The van der Waals surface area contributed by atoms with Crippen molar-refractivity contribution in [2.24, 2.45) is 23.7 Å². The molecule has 0 amide bonds. The summed E-state index contributed by atoms with van der Waals surface area (Å²) in [6.07, 6.45) is 12.1. The Kier molecular flexibility index (Phi) is 2.69. The minimum absolute atomic E-state index is 0.963. The highest BCUT2D eigenvalue weighted by atomic mass is 14.5. The standard InChI is InChI=1S/C16H24/c1-3-4-5-12-9-13-10-16(12)14-7-6-11(2)8-15(13)14/h3,11-13,16H,1,4-10H2,2H3. The van der Waals surface area contributed by atoms with Crippen LogP contribution < -0.4 is 0 Å². The predicted octanol–water partition coefficient (Wildman–Crippen LogP) is 4.73. The molecule has 0 aliphatic heterocycles. The van der Waals surface area contributed by atoms with Crippen LogP contribution in [0.5, 0.6) is 0 Å². The molecular weight excluding hydrogens is 192 g/mol. The molecule has 0 aromatic rings. The summed E-state index contributed by atoms with van der Waals surface area (Å²) in [6.45, 7) is 6.30. The summed E-state index contributed by atoms with van der Waals surface area (Å²) in [5, 5.41) is 0. The zero-order valence-electron chi connectivity index (χ0n) is 10.5. The molecule has 0 aromatic carbocycles. The first-order chi connectivity index (χ1) is 7.79. The maximum atomic E-state index is 3.86. The van der Waals surface area contributed by atoms with Gasteiger partial charge in [0.05, 0.1) is 0 Å². The summed E-state index contributed by atoms with van der Waals surface area (Å²) < 4.78 is 0. The zero-order valence-corrected chi connectivity index (χ0v) is 10.5. The number of fused-ring (bicyclic) bond motifs is 4. The van der Waals surface area contributed by atoms with Crippen molar-refractivity contribution in [1.29, 1.82) is 0 Å². The zero-order chi connectivity index (χ0) is 11.1. The van der Waals surface area contributed by atoms with E-state index in [1.807, 2.05) is 11.1 Å². The first-order valence-electron chi connectivity index (χ1n) is 7.12. The Balaban J connectivity index is 1.75. The fourth-order valence-corrected chi connectivity index (χ4v) is 4.51. The van der Waals surface area contributed by atoms with E-state index in [9.17, 15) is 0 Å². The lowest BCUT2D eigenvalue weighted by molar-refractivity contribution is 0.357. The van der Waals surface area contributed by atoms with E-state index in [1.165, 1.54) is 44.9 Å². The Bertz CT molecular complexity index is 323. The van der Waals surface area contributed by atoms with Crippen molar-refractivity contribution < 1.29 is 0 Å². The van der Waals surface area contributed by atoms with Crippen LogP contribution in [0.1, 0.15) is 51.9 Å². The van der Waals surface area contributed by atoms with Crippen molar-refractivity contribution in [1.82, 2.24) is 0 Å². The largest absolute Gasteiger partial charge is 0.103 e. The topological polar surface area (TPSA) is 0 Å². The third-order valence-electron chi connectivity index (χ3n) is 5.26. The van der Waals surface area contributed by atoms with Gasteiger partial charge in [0.15, 0.2) is 0 Å². The van der Waals surface area contributed by atoms with E-state index in [4.69, 9.17) is 0 Å². The van der Waals surface area contributed by atoms with Gasteiger partial charge in [0.1, 0.15) is 0 Å². The number of rotatable bonds is 3. The van der Waals surface area contributed by atoms with Crippen LogP contribution in [0.2, 0.25) is 0 Å². The summed E-state index contributed by atoms with van der Waals surface area (Å²) in [6, 6.07) is 0. The molecule has 0 aromatic heterocycles. The SMILES string of the molecule is C=CCCC1CC2CC1C1=C2CC(C)CC1. The van der Waals surface area contributed by atoms with Gasteiger partial charge in [-0.3, -0.25) is 0 Å². The summed E-state index contributed by atoms with van der Waals surface area (Å²) in [5.41, 5.74) is 3.84. The minimum atomic E-state index is 0.963. The molecule has 0 heterocycles. The monoisotopic (exact) mass is 216 g/mol. The van der Waals surface area contributed by atoms with E-state index in [0.29, 0.717) is 0 Å². The van der Waals surface area contributed by atoms with Gasteiger partial charge in [-0.25, -0.2) is 0 Å². The predicted molar refractivity (Wildman–Crippen MR) is 69.2 cm³/mol. The van der Waals surface area contributed by atoms with Gasteiger partial charge < -0.3 is 0 Å². The first-order valence-corrected chi connectivity index (χ1v) is 7.12. The van der Waals surface area contributed by atoms with Crippen LogP contribution in [0.15, 0.2) is 23.8 Å². The lowest BCUT2D eigenvalue weighted by Crippen LogP contribution is -2.19. The van der Waals surface area contributed by atoms with Gasteiger partial charge in [0.2, 0.25) is 0 Å². The van der Waals surface area contributed by atoms with Crippen LogP contribution in [0.4, 0.5) is 0 Å². The van der Waals surface area contributed by atoms with E-state index in [0.717, 1.165) is 23.7 Å². The summed E-state index contributed by atoms with van der Waals surface area (Å²) in [4.78, 5) is 0. The lowest BCUT2D eigenvalue weighted by Gasteiger charge is -2.32. The van der Waals surface area contributed by atoms with E-state index >= 15 is 0 Å². The highest BCUT2D eigenvalue weighted by Gasteiger charge is 2.45. The van der Waals surface area contributed by atoms with E-state index in [2.05, 4.69) is 19.6 Å². The Morgan fingerprint density at radius 2 is 2.19 bits per heavy atom. The molecule has 3 aliphatic rings. The van der Waals surface area contributed by atoms with Gasteiger partial charge in [0.25, 0.3) is 0 Å². The third kappa shape index (κ3) is 1.58. The van der Waals surface area contributed by atoms with Gasteiger partial charge in [-0.15, -0.1) is 6.58 Å². The minimum Gasteiger partial charge on any atom is -0.103 e. The Labute approximate surface area is 99.8 Å². The molecule has 0 heteroatoms. The highest BCUT2D eigenvalue weighted by molar-refractivity contribution is 5.32. The number of allylic oxidation sites excluding steroid dienone is 3. The molecule has 4 unspecified atom stereocenters. The molecular formula is C16H24. The molecule has 3 aliphatic carbocycles. The Morgan fingerprint density at radius 1 is 1.31 bits per heavy atom. The van der Waals surface area contributed by atoms with Gasteiger partial charge >= 0.3 is 0 Å². The van der Waals surface area contributed by atoms with Crippen molar-refractivity contribution in [3.05, 3.63) is 23.8 Å². The molecule has 0 nitrogen and oxygen atoms in total. The van der Waals surface area contributed by atoms with E-state index < -0.39 is 0 Å².